The first-order valence-corrected chi connectivity index (χ1v) is 5.28. The molecule has 0 saturated carbocycles. The second-order valence-corrected chi connectivity index (χ2v) is 4.00. The number of halogens is 1. The highest BCUT2D eigenvalue weighted by molar-refractivity contribution is 5.85. The van der Waals surface area contributed by atoms with Crippen LogP contribution >= 0.6 is 12.4 Å². The SMILES string of the molecule is CN1CCN(c2ccc(C=O)cc2)CC1.Cl. The van der Waals surface area contributed by atoms with Crippen LogP contribution < -0.4 is 4.90 Å². The van der Waals surface area contributed by atoms with Crippen molar-refractivity contribution in [2.24, 2.45) is 0 Å². The lowest BCUT2D eigenvalue weighted by molar-refractivity contribution is 0.112. The molecule has 1 aromatic rings. The molecule has 1 aromatic carbocycles. The molecule has 0 aliphatic carbocycles. The van der Waals surface area contributed by atoms with Gasteiger partial charge in [-0.15, -0.1) is 12.4 Å². The van der Waals surface area contributed by atoms with Crippen LogP contribution in [0.1, 0.15) is 10.4 Å². The van der Waals surface area contributed by atoms with Gasteiger partial charge in [0.2, 0.25) is 0 Å². The zero-order chi connectivity index (χ0) is 10.7. The highest BCUT2D eigenvalue weighted by Gasteiger charge is 2.13. The molecule has 1 heterocycles. The minimum Gasteiger partial charge on any atom is -0.369 e. The zero-order valence-corrected chi connectivity index (χ0v) is 10.2. The van der Waals surface area contributed by atoms with Crippen molar-refractivity contribution in [1.29, 1.82) is 0 Å². The van der Waals surface area contributed by atoms with E-state index in [9.17, 15) is 4.79 Å². The van der Waals surface area contributed by atoms with Gasteiger partial charge < -0.3 is 9.80 Å². The standard InChI is InChI=1S/C12H16N2O.ClH/c1-13-6-8-14(9-7-13)12-4-2-11(10-15)3-5-12;/h2-5,10H,6-9H2,1H3;1H. The summed E-state index contributed by atoms with van der Waals surface area (Å²) in [5.74, 6) is 0. The highest BCUT2D eigenvalue weighted by atomic mass is 35.5. The summed E-state index contributed by atoms with van der Waals surface area (Å²) in [4.78, 5) is 15.2. The maximum absolute atomic E-state index is 10.5. The lowest BCUT2D eigenvalue weighted by Gasteiger charge is -2.34. The quantitative estimate of drug-likeness (QED) is 0.735. The fourth-order valence-electron chi connectivity index (χ4n) is 1.83. The molecule has 0 aromatic heterocycles. The molecule has 0 radical (unpaired) electrons. The number of nitrogens with zero attached hydrogens (tertiary/aromatic N) is 2. The Bertz CT molecular complexity index is 331. The van der Waals surface area contributed by atoms with E-state index in [1.165, 1.54) is 5.69 Å². The maximum Gasteiger partial charge on any atom is 0.150 e. The van der Waals surface area contributed by atoms with Crippen LogP contribution in [0.2, 0.25) is 0 Å². The Labute approximate surface area is 102 Å². The van der Waals surface area contributed by atoms with Crippen LogP contribution in [0, 0.1) is 0 Å². The van der Waals surface area contributed by atoms with Gasteiger partial charge in [-0.1, -0.05) is 0 Å². The highest BCUT2D eigenvalue weighted by Crippen LogP contribution is 2.16. The van der Waals surface area contributed by atoms with Gasteiger partial charge in [-0.05, 0) is 31.3 Å². The van der Waals surface area contributed by atoms with E-state index in [-0.39, 0.29) is 12.4 Å². The lowest BCUT2D eigenvalue weighted by atomic mass is 10.2. The lowest BCUT2D eigenvalue weighted by Crippen LogP contribution is -2.44. The maximum atomic E-state index is 10.5. The third-order valence-electron chi connectivity index (χ3n) is 2.90. The number of aldehydes is 1. The van der Waals surface area contributed by atoms with Crippen molar-refractivity contribution in [1.82, 2.24) is 4.90 Å². The monoisotopic (exact) mass is 240 g/mol. The zero-order valence-electron chi connectivity index (χ0n) is 9.43. The number of rotatable bonds is 2. The van der Waals surface area contributed by atoms with Crippen LogP contribution in [-0.4, -0.2) is 44.4 Å². The summed E-state index contributed by atoms with van der Waals surface area (Å²) in [7, 11) is 2.15. The normalized spacial score (nSPS) is 16.7. The third kappa shape index (κ3) is 2.97. The molecule has 1 aliphatic rings. The van der Waals surface area contributed by atoms with Gasteiger partial charge in [-0.25, -0.2) is 0 Å². The summed E-state index contributed by atoms with van der Waals surface area (Å²) >= 11 is 0. The predicted molar refractivity (Wildman–Crippen MR) is 68.8 cm³/mol. The Morgan fingerprint density at radius 2 is 1.62 bits per heavy atom. The number of benzene rings is 1. The first-order valence-electron chi connectivity index (χ1n) is 5.28. The molecular formula is C12H17ClN2O. The average Bonchev–Trinajstić information content (AvgIpc) is 2.30. The number of anilines is 1. The second kappa shape index (κ2) is 5.87. The number of hydrogen-bond acceptors (Lipinski definition) is 3. The largest absolute Gasteiger partial charge is 0.369 e. The summed E-state index contributed by atoms with van der Waals surface area (Å²) in [6.45, 7) is 4.35. The van der Waals surface area contributed by atoms with Gasteiger partial charge in [0.15, 0.2) is 0 Å². The van der Waals surface area contributed by atoms with E-state index in [0.717, 1.165) is 38.0 Å². The summed E-state index contributed by atoms with van der Waals surface area (Å²) in [5, 5.41) is 0. The topological polar surface area (TPSA) is 23.6 Å². The van der Waals surface area contributed by atoms with E-state index < -0.39 is 0 Å². The fourth-order valence-corrected chi connectivity index (χ4v) is 1.83. The van der Waals surface area contributed by atoms with Gasteiger partial charge in [0.1, 0.15) is 6.29 Å². The third-order valence-corrected chi connectivity index (χ3v) is 2.90. The Balaban J connectivity index is 0.00000128. The van der Waals surface area contributed by atoms with Crippen LogP contribution in [-0.2, 0) is 0 Å². The van der Waals surface area contributed by atoms with E-state index in [1.54, 1.807) is 0 Å². The molecule has 0 amide bonds. The van der Waals surface area contributed by atoms with Crippen LogP contribution in [0.25, 0.3) is 0 Å². The molecule has 0 N–H and O–H groups in total. The molecule has 1 fully saturated rings. The number of carbonyl (C=O) groups is 1. The first-order chi connectivity index (χ1) is 7.29. The molecule has 0 unspecified atom stereocenters. The summed E-state index contributed by atoms with van der Waals surface area (Å²) in [6, 6.07) is 7.80. The Hall–Kier alpha value is -1.06. The summed E-state index contributed by atoms with van der Waals surface area (Å²) in [5.41, 5.74) is 1.96. The van der Waals surface area contributed by atoms with Crippen molar-refractivity contribution in [3.05, 3.63) is 29.8 Å². The molecule has 0 spiro atoms. The van der Waals surface area contributed by atoms with Crippen molar-refractivity contribution in [2.45, 2.75) is 0 Å². The minimum absolute atomic E-state index is 0. The minimum atomic E-state index is 0. The molecule has 1 saturated heterocycles. The van der Waals surface area contributed by atoms with Crippen molar-refractivity contribution < 1.29 is 4.79 Å². The number of carbonyl (C=O) groups excluding carboxylic acids is 1. The Morgan fingerprint density at radius 3 is 2.12 bits per heavy atom. The van der Waals surface area contributed by atoms with Crippen LogP contribution in [0.3, 0.4) is 0 Å². The molecule has 0 bridgehead atoms. The van der Waals surface area contributed by atoms with E-state index in [1.807, 2.05) is 24.3 Å². The predicted octanol–water partition coefficient (Wildman–Crippen LogP) is 1.67. The van der Waals surface area contributed by atoms with Crippen molar-refractivity contribution in [3.63, 3.8) is 0 Å². The average molecular weight is 241 g/mol. The second-order valence-electron chi connectivity index (χ2n) is 4.00. The van der Waals surface area contributed by atoms with Gasteiger partial charge in [-0.3, -0.25) is 4.79 Å². The first kappa shape index (κ1) is 13.0. The fraction of sp³-hybridized carbons (Fsp3) is 0.417. The number of piperazine rings is 1. The van der Waals surface area contributed by atoms with Gasteiger partial charge in [0, 0.05) is 37.4 Å². The van der Waals surface area contributed by atoms with E-state index in [4.69, 9.17) is 0 Å². The molecular weight excluding hydrogens is 224 g/mol. The van der Waals surface area contributed by atoms with Crippen molar-refractivity contribution in [3.8, 4) is 0 Å². The Kier molecular flexibility index (Phi) is 4.77. The van der Waals surface area contributed by atoms with Gasteiger partial charge in [0.05, 0.1) is 0 Å². The van der Waals surface area contributed by atoms with E-state index in [0.29, 0.717) is 0 Å². The molecule has 3 nitrogen and oxygen atoms in total. The smallest absolute Gasteiger partial charge is 0.150 e. The number of hydrogen-bond donors (Lipinski definition) is 0. The van der Waals surface area contributed by atoms with Crippen LogP contribution in [0.4, 0.5) is 5.69 Å². The molecule has 0 atom stereocenters. The van der Waals surface area contributed by atoms with Crippen molar-refractivity contribution in [2.75, 3.05) is 38.1 Å². The molecule has 16 heavy (non-hydrogen) atoms. The van der Waals surface area contributed by atoms with Crippen LogP contribution in [0.5, 0.6) is 0 Å². The van der Waals surface area contributed by atoms with E-state index >= 15 is 0 Å². The van der Waals surface area contributed by atoms with Gasteiger partial charge in [-0.2, -0.15) is 0 Å². The summed E-state index contributed by atoms with van der Waals surface area (Å²) < 4.78 is 0. The molecule has 4 heteroatoms. The van der Waals surface area contributed by atoms with Crippen molar-refractivity contribution >= 4 is 24.4 Å². The summed E-state index contributed by atoms with van der Waals surface area (Å²) in [6.07, 6.45) is 0.883. The van der Waals surface area contributed by atoms with Gasteiger partial charge >= 0.3 is 0 Å². The molecule has 2 rings (SSSR count). The van der Waals surface area contributed by atoms with Crippen LogP contribution in [0.15, 0.2) is 24.3 Å². The molecule has 1 aliphatic heterocycles. The Morgan fingerprint density at radius 1 is 1.06 bits per heavy atom. The number of likely N-dealkylation sites (N-methyl/N-ethyl adjacent to an activating group) is 1. The molecule has 88 valence electrons. The van der Waals surface area contributed by atoms with E-state index in [2.05, 4.69) is 16.8 Å². The van der Waals surface area contributed by atoms with Gasteiger partial charge in [0.25, 0.3) is 0 Å².